The molecule has 0 fully saturated rings. The van der Waals surface area contributed by atoms with Gasteiger partial charge in [0.05, 0.1) is 17.7 Å². The van der Waals surface area contributed by atoms with Gasteiger partial charge in [0.2, 0.25) is 10.0 Å². The van der Waals surface area contributed by atoms with Gasteiger partial charge < -0.3 is 4.42 Å². The Bertz CT molecular complexity index is 1160. The molecule has 1 aromatic heterocycles. The van der Waals surface area contributed by atoms with Crippen LogP contribution in [0.3, 0.4) is 0 Å². The van der Waals surface area contributed by atoms with Crippen LogP contribution < -0.4 is 15.6 Å². The topological polar surface area (TPSA) is 118 Å². The van der Waals surface area contributed by atoms with E-state index >= 15 is 0 Å². The molecule has 1 heterocycles. The van der Waals surface area contributed by atoms with Crippen molar-refractivity contribution in [2.75, 3.05) is 0 Å². The van der Waals surface area contributed by atoms with Gasteiger partial charge in [0.15, 0.2) is 0 Å². The molecule has 0 bridgehead atoms. The van der Waals surface area contributed by atoms with Crippen molar-refractivity contribution in [2.45, 2.75) is 18.4 Å². The zero-order chi connectivity index (χ0) is 21.7. The molecule has 0 spiro atoms. The minimum atomic E-state index is -3.90. The van der Waals surface area contributed by atoms with Crippen molar-refractivity contribution in [3.05, 3.63) is 89.1 Å². The van der Waals surface area contributed by atoms with Gasteiger partial charge in [0, 0.05) is 11.1 Å². The first-order chi connectivity index (χ1) is 14.3. The van der Waals surface area contributed by atoms with Crippen molar-refractivity contribution in [3.8, 4) is 0 Å². The number of nitrogens with one attached hydrogen (secondary N) is 3. The number of hydrogen-bond acceptors (Lipinski definition) is 5. The Labute approximate surface area is 172 Å². The van der Waals surface area contributed by atoms with Crippen molar-refractivity contribution in [3.63, 3.8) is 0 Å². The highest BCUT2D eigenvalue weighted by molar-refractivity contribution is 7.89. The van der Waals surface area contributed by atoms with E-state index in [1.54, 1.807) is 19.1 Å². The Kier molecular flexibility index (Phi) is 6.28. The van der Waals surface area contributed by atoms with Crippen LogP contribution in [-0.4, -0.2) is 20.2 Å². The monoisotopic (exact) mass is 431 g/mol. The number of hydrazine groups is 1. The Morgan fingerprint density at radius 1 is 1.00 bits per heavy atom. The summed E-state index contributed by atoms with van der Waals surface area (Å²) in [5.74, 6) is -1.41. The van der Waals surface area contributed by atoms with Gasteiger partial charge in [0.1, 0.15) is 11.6 Å². The maximum Gasteiger partial charge on any atom is 0.270 e. The van der Waals surface area contributed by atoms with Crippen LogP contribution in [0.25, 0.3) is 0 Å². The van der Waals surface area contributed by atoms with Crippen LogP contribution in [0.1, 0.15) is 32.0 Å². The van der Waals surface area contributed by atoms with E-state index in [1.807, 2.05) is 0 Å². The largest absolute Gasteiger partial charge is 0.468 e. The molecule has 0 aliphatic carbocycles. The summed E-state index contributed by atoms with van der Waals surface area (Å²) < 4.78 is 45.4. The molecule has 0 atom stereocenters. The summed E-state index contributed by atoms with van der Waals surface area (Å²) in [5, 5.41) is 0. The van der Waals surface area contributed by atoms with Gasteiger partial charge >= 0.3 is 0 Å². The molecule has 3 rings (SSSR count). The smallest absolute Gasteiger partial charge is 0.270 e. The number of aryl methyl sites for hydroxylation is 1. The van der Waals surface area contributed by atoms with E-state index in [0.29, 0.717) is 11.3 Å². The fraction of sp³-hybridized carbons (Fsp3) is 0.100. The van der Waals surface area contributed by atoms with Crippen molar-refractivity contribution in [2.24, 2.45) is 0 Å². The molecule has 8 nitrogen and oxygen atoms in total. The normalized spacial score (nSPS) is 11.1. The molecule has 0 aliphatic heterocycles. The van der Waals surface area contributed by atoms with Crippen LogP contribution >= 0.6 is 0 Å². The number of carbonyl (C=O) groups excluding carboxylic acids is 2. The summed E-state index contributed by atoms with van der Waals surface area (Å²) in [7, 11) is -3.90. The lowest BCUT2D eigenvalue weighted by atomic mass is 10.1. The zero-order valence-electron chi connectivity index (χ0n) is 15.8. The van der Waals surface area contributed by atoms with Crippen LogP contribution in [0.15, 0.2) is 70.2 Å². The first-order valence-corrected chi connectivity index (χ1v) is 10.2. The first-order valence-electron chi connectivity index (χ1n) is 8.75. The lowest BCUT2D eigenvalue weighted by molar-refractivity contribution is 0.0846. The molecule has 2 aromatic carbocycles. The number of rotatable bonds is 6. The van der Waals surface area contributed by atoms with E-state index in [0.717, 1.165) is 12.1 Å². The molecule has 0 radical (unpaired) electrons. The number of sulfonamides is 1. The standard InChI is InChI=1S/C20H18FN3O5S/c1-13-4-9-17(30(27,28)22-12-16-3-2-10-29-16)11-18(13)20(26)24-23-19(25)14-5-7-15(21)8-6-14/h2-11,22H,12H2,1H3,(H,23,25)(H,24,26). The molecule has 0 aliphatic rings. The van der Waals surface area contributed by atoms with Crippen LogP contribution in [-0.2, 0) is 16.6 Å². The second kappa shape index (κ2) is 8.89. The quantitative estimate of drug-likeness (QED) is 0.518. The molecule has 30 heavy (non-hydrogen) atoms. The van der Waals surface area contributed by atoms with Crippen LogP contribution in [0.4, 0.5) is 4.39 Å². The Balaban J connectivity index is 1.70. The van der Waals surface area contributed by atoms with Gasteiger partial charge in [-0.25, -0.2) is 17.5 Å². The molecule has 0 saturated carbocycles. The molecular weight excluding hydrogens is 413 g/mol. The van der Waals surface area contributed by atoms with Crippen LogP contribution in [0, 0.1) is 12.7 Å². The Hall–Kier alpha value is -3.50. The molecule has 156 valence electrons. The van der Waals surface area contributed by atoms with Gasteiger partial charge in [-0.1, -0.05) is 6.07 Å². The predicted octanol–water partition coefficient (Wildman–Crippen LogP) is 2.28. The van der Waals surface area contributed by atoms with E-state index < -0.39 is 27.7 Å². The van der Waals surface area contributed by atoms with Crippen molar-refractivity contribution in [1.82, 2.24) is 15.6 Å². The zero-order valence-corrected chi connectivity index (χ0v) is 16.6. The lowest BCUT2D eigenvalue weighted by Crippen LogP contribution is -2.42. The third kappa shape index (κ3) is 5.10. The number of benzene rings is 2. The maximum absolute atomic E-state index is 12.9. The van der Waals surface area contributed by atoms with Crippen molar-refractivity contribution < 1.29 is 26.8 Å². The second-order valence-electron chi connectivity index (χ2n) is 6.30. The van der Waals surface area contributed by atoms with E-state index in [9.17, 15) is 22.4 Å². The molecule has 2 amide bonds. The number of carbonyl (C=O) groups is 2. The van der Waals surface area contributed by atoms with E-state index in [4.69, 9.17) is 4.42 Å². The molecule has 3 aromatic rings. The highest BCUT2D eigenvalue weighted by Crippen LogP contribution is 2.16. The molecule has 10 heteroatoms. The second-order valence-corrected chi connectivity index (χ2v) is 8.06. The minimum absolute atomic E-state index is 0.0432. The lowest BCUT2D eigenvalue weighted by Gasteiger charge is -2.11. The van der Waals surface area contributed by atoms with Gasteiger partial charge in [-0.2, -0.15) is 0 Å². The molecule has 0 saturated heterocycles. The molecule has 0 unspecified atom stereocenters. The fourth-order valence-corrected chi connectivity index (χ4v) is 3.55. The average molecular weight is 431 g/mol. The maximum atomic E-state index is 12.9. The number of halogens is 1. The highest BCUT2D eigenvalue weighted by Gasteiger charge is 2.19. The average Bonchev–Trinajstić information content (AvgIpc) is 3.25. The van der Waals surface area contributed by atoms with Crippen molar-refractivity contribution in [1.29, 1.82) is 0 Å². The summed E-state index contributed by atoms with van der Waals surface area (Å²) in [6.07, 6.45) is 1.43. The number of furan rings is 1. The highest BCUT2D eigenvalue weighted by atomic mass is 32.2. The van der Waals surface area contributed by atoms with Gasteiger partial charge in [-0.15, -0.1) is 0 Å². The SMILES string of the molecule is Cc1ccc(S(=O)(=O)NCc2ccco2)cc1C(=O)NNC(=O)c1ccc(F)cc1. The molecular formula is C20H18FN3O5S. The summed E-state index contributed by atoms with van der Waals surface area (Å²) in [4.78, 5) is 24.4. The Morgan fingerprint density at radius 3 is 2.37 bits per heavy atom. The Morgan fingerprint density at radius 2 is 1.70 bits per heavy atom. The number of amides is 2. The predicted molar refractivity (Wildman–Crippen MR) is 105 cm³/mol. The van der Waals surface area contributed by atoms with E-state index in [1.165, 1.54) is 36.6 Å². The fourth-order valence-electron chi connectivity index (χ4n) is 2.53. The first kappa shape index (κ1) is 21.2. The van der Waals surface area contributed by atoms with Crippen LogP contribution in [0.5, 0.6) is 0 Å². The van der Waals surface area contributed by atoms with E-state index in [-0.39, 0.29) is 22.6 Å². The minimum Gasteiger partial charge on any atom is -0.468 e. The summed E-state index contributed by atoms with van der Waals surface area (Å²) in [6.45, 7) is 1.59. The molecule has 3 N–H and O–H groups in total. The summed E-state index contributed by atoms with van der Waals surface area (Å²) in [6, 6.07) is 12.1. The summed E-state index contributed by atoms with van der Waals surface area (Å²) >= 11 is 0. The van der Waals surface area contributed by atoms with Gasteiger partial charge in [0.25, 0.3) is 11.8 Å². The van der Waals surface area contributed by atoms with Gasteiger partial charge in [-0.05, 0) is 61.0 Å². The van der Waals surface area contributed by atoms with Gasteiger partial charge in [-0.3, -0.25) is 20.4 Å². The summed E-state index contributed by atoms with van der Waals surface area (Å²) in [5.41, 5.74) is 5.15. The van der Waals surface area contributed by atoms with Crippen molar-refractivity contribution >= 4 is 21.8 Å². The third-order valence-electron chi connectivity index (χ3n) is 4.18. The number of hydrogen-bond donors (Lipinski definition) is 3. The van der Waals surface area contributed by atoms with E-state index in [2.05, 4.69) is 15.6 Å². The third-order valence-corrected chi connectivity index (χ3v) is 5.58. The van der Waals surface area contributed by atoms with Crippen LogP contribution in [0.2, 0.25) is 0 Å².